The Hall–Kier alpha value is -3.22. The van der Waals surface area contributed by atoms with E-state index in [0.29, 0.717) is 28.3 Å². The van der Waals surface area contributed by atoms with Crippen LogP contribution in [0, 0.1) is 5.41 Å². The standard InChI is InChI=1S/C14H12N6O/c15-13(16)9-6-8(10-3-4-18-7-19-10)12(20-14(9)17)11-2-1-5-21-11/h1-7H,(H3,15,16)(H2,17,20). The zero-order valence-electron chi connectivity index (χ0n) is 10.9. The van der Waals surface area contributed by atoms with Crippen LogP contribution < -0.4 is 11.5 Å². The second kappa shape index (κ2) is 5.04. The van der Waals surface area contributed by atoms with Gasteiger partial charge in [-0.2, -0.15) is 0 Å². The number of anilines is 1. The number of nitrogens with one attached hydrogen (secondary N) is 1. The molecule has 7 heteroatoms. The summed E-state index contributed by atoms with van der Waals surface area (Å²) >= 11 is 0. The number of pyridine rings is 1. The highest BCUT2D eigenvalue weighted by Crippen LogP contribution is 2.32. The van der Waals surface area contributed by atoms with Crippen molar-refractivity contribution in [1.29, 1.82) is 5.41 Å². The maximum atomic E-state index is 7.58. The van der Waals surface area contributed by atoms with E-state index < -0.39 is 0 Å². The van der Waals surface area contributed by atoms with Crippen molar-refractivity contribution in [3.8, 4) is 22.7 Å². The summed E-state index contributed by atoms with van der Waals surface area (Å²) in [5, 5.41) is 7.58. The number of hydrogen-bond acceptors (Lipinski definition) is 6. The summed E-state index contributed by atoms with van der Waals surface area (Å²) in [7, 11) is 0. The topological polar surface area (TPSA) is 128 Å². The first kappa shape index (κ1) is 12.8. The van der Waals surface area contributed by atoms with Crippen LogP contribution in [0.2, 0.25) is 0 Å². The number of amidine groups is 1. The quantitative estimate of drug-likeness (QED) is 0.494. The predicted molar refractivity (Wildman–Crippen MR) is 78.4 cm³/mol. The molecule has 0 unspecified atom stereocenters. The third-order valence-corrected chi connectivity index (χ3v) is 2.95. The van der Waals surface area contributed by atoms with Gasteiger partial charge in [-0.05, 0) is 24.3 Å². The molecule has 104 valence electrons. The van der Waals surface area contributed by atoms with E-state index in [-0.39, 0.29) is 11.7 Å². The molecular formula is C14H12N6O. The molecule has 0 amide bonds. The molecule has 0 aliphatic rings. The van der Waals surface area contributed by atoms with Crippen LogP contribution in [0.1, 0.15) is 5.56 Å². The lowest BCUT2D eigenvalue weighted by atomic mass is 10.0. The van der Waals surface area contributed by atoms with Gasteiger partial charge in [0.1, 0.15) is 23.7 Å². The summed E-state index contributed by atoms with van der Waals surface area (Å²) < 4.78 is 5.39. The predicted octanol–water partition coefficient (Wildman–Crippen LogP) is 1.66. The summed E-state index contributed by atoms with van der Waals surface area (Å²) in [6.07, 6.45) is 4.61. The lowest BCUT2D eigenvalue weighted by Crippen LogP contribution is -2.15. The maximum absolute atomic E-state index is 7.58. The van der Waals surface area contributed by atoms with Gasteiger partial charge in [-0.25, -0.2) is 15.0 Å². The zero-order valence-corrected chi connectivity index (χ0v) is 10.9. The lowest BCUT2D eigenvalue weighted by Gasteiger charge is -2.11. The zero-order chi connectivity index (χ0) is 14.8. The van der Waals surface area contributed by atoms with Gasteiger partial charge in [0.05, 0.1) is 17.5 Å². The molecule has 7 nitrogen and oxygen atoms in total. The smallest absolute Gasteiger partial charge is 0.153 e. The molecule has 0 atom stereocenters. The highest BCUT2D eigenvalue weighted by Gasteiger charge is 2.17. The Morgan fingerprint density at radius 1 is 1.29 bits per heavy atom. The molecule has 21 heavy (non-hydrogen) atoms. The fraction of sp³-hybridized carbons (Fsp3) is 0. The van der Waals surface area contributed by atoms with Crippen molar-refractivity contribution in [1.82, 2.24) is 15.0 Å². The van der Waals surface area contributed by atoms with Crippen molar-refractivity contribution in [2.45, 2.75) is 0 Å². The van der Waals surface area contributed by atoms with Crippen LogP contribution >= 0.6 is 0 Å². The van der Waals surface area contributed by atoms with E-state index in [1.165, 1.54) is 6.33 Å². The molecule has 3 heterocycles. The fourth-order valence-corrected chi connectivity index (χ4v) is 1.99. The molecule has 0 aliphatic heterocycles. The molecule has 0 saturated heterocycles. The van der Waals surface area contributed by atoms with Crippen molar-refractivity contribution >= 4 is 11.7 Å². The van der Waals surface area contributed by atoms with Gasteiger partial charge in [-0.1, -0.05) is 0 Å². The van der Waals surface area contributed by atoms with E-state index in [9.17, 15) is 0 Å². The highest BCUT2D eigenvalue weighted by molar-refractivity contribution is 6.01. The Labute approximate surface area is 120 Å². The summed E-state index contributed by atoms with van der Waals surface area (Å²) in [5.41, 5.74) is 13.6. The summed E-state index contributed by atoms with van der Waals surface area (Å²) in [5.74, 6) is 0.582. The molecule has 0 spiro atoms. The number of nitrogen functional groups attached to an aromatic ring is 2. The largest absolute Gasteiger partial charge is 0.463 e. The minimum absolute atomic E-state index is 0.152. The van der Waals surface area contributed by atoms with Gasteiger partial charge in [0.2, 0.25) is 0 Å². The van der Waals surface area contributed by atoms with E-state index >= 15 is 0 Å². The highest BCUT2D eigenvalue weighted by atomic mass is 16.3. The van der Waals surface area contributed by atoms with Crippen LogP contribution in [0.25, 0.3) is 22.7 Å². The van der Waals surface area contributed by atoms with Crippen molar-refractivity contribution in [3.63, 3.8) is 0 Å². The summed E-state index contributed by atoms with van der Waals surface area (Å²) in [4.78, 5) is 12.4. The molecule has 0 saturated carbocycles. The Morgan fingerprint density at radius 3 is 2.76 bits per heavy atom. The molecule has 3 rings (SSSR count). The monoisotopic (exact) mass is 280 g/mol. The average Bonchev–Trinajstić information content (AvgIpc) is 3.01. The number of nitrogens with two attached hydrogens (primary N) is 2. The van der Waals surface area contributed by atoms with Crippen LogP contribution in [0.5, 0.6) is 0 Å². The summed E-state index contributed by atoms with van der Waals surface area (Å²) in [6, 6.07) is 6.96. The SMILES string of the molecule is N=C(N)c1cc(-c2ccncn2)c(-c2ccco2)nc1N. The molecule has 0 fully saturated rings. The first-order valence-electron chi connectivity index (χ1n) is 6.12. The number of hydrogen-bond donors (Lipinski definition) is 3. The number of rotatable bonds is 3. The minimum atomic E-state index is -0.152. The normalized spacial score (nSPS) is 10.5. The molecule has 5 N–H and O–H groups in total. The first-order chi connectivity index (χ1) is 10.2. The fourth-order valence-electron chi connectivity index (χ4n) is 1.99. The molecule has 0 radical (unpaired) electrons. The number of aromatic nitrogens is 3. The molecule has 3 aromatic rings. The van der Waals surface area contributed by atoms with Crippen molar-refractivity contribution < 1.29 is 4.42 Å². The Bertz CT molecular complexity index is 783. The van der Waals surface area contributed by atoms with E-state index in [0.717, 1.165) is 0 Å². The Morgan fingerprint density at radius 2 is 2.14 bits per heavy atom. The third-order valence-electron chi connectivity index (χ3n) is 2.95. The summed E-state index contributed by atoms with van der Waals surface area (Å²) in [6.45, 7) is 0. The molecule has 3 aromatic heterocycles. The van der Waals surface area contributed by atoms with E-state index in [2.05, 4.69) is 15.0 Å². The maximum Gasteiger partial charge on any atom is 0.153 e. The van der Waals surface area contributed by atoms with E-state index in [1.54, 1.807) is 36.7 Å². The molecule has 0 aliphatic carbocycles. The Kier molecular flexibility index (Phi) is 3.07. The van der Waals surface area contributed by atoms with Gasteiger partial charge < -0.3 is 15.9 Å². The third kappa shape index (κ3) is 2.32. The van der Waals surface area contributed by atoms with E-state index in [4.69, 9.17) is 21.3 Å². The van der Waals surface area contributed by atoms with Crippen LogP contribution in [0.4, 0.5) is 5.82 Å². The van der Waals surface area contributed by atoms with Crippen LogP contribution in [-0.2, 0) is 0 Å². The van der Waals surface area contributed by atoms with Gasteiger partial charge in [-0.15, -0.1) is 0 Å². The van der Waals surface area contributed by atoms with Crippen LogP contribution in [0.3, 0.4) is 0 Å². The van der Waals surface area contributed by atoms with Crippen LogP contribution in [-0.4, -0.2) is 20.8 Å². The van der Waals surface area contributed by atoms with Gasteiger partial charge in [0.25, 0.3) is 0 Å². The average molecular weight is 280 g/mol. The Balaban J connectivity index is 2.29. The van der Waals surface area contributed by atoms with Crippen molar-refractivity contribution in [2.75, 3.05) is 5.73 Å². The van der Waals surface area contributed by atoms with Gasteiger partial charge in [0.15, 0.2) is 5.76 Å². The van der Waals surface area contributed by atoms with Gasteiger partial charge in [-0.3, -0.25) is 5.41 Å². The van der Waals surface area contributed by atoms with Crippen molar-refractivity contribution in [3.05, 3.63) is 48.6 Å². The minimum Gasteiger partial charge on any atom is -0.463 e. The van der Waals surface area contributed by atoms with Crippen LogP contribution in [0.15, 0.2) is 47.5 Å². The number of furan rings is 1. The van der Waals surface area contributed by atoms with Gasteiger partial charge >= 0.3 is 0 Å². The second-order valence-corrected chi connectivity index (χ2v) is 4.30. The van der Waals surface area contributed by atoms with E-state index in [1.807, 2.05) is 0 Å². The second-order valence-electron chi connectivity index (χ2n) is 4.30. The molecule has 0 bridgehead atoms. The first-order valence-corrected chi connectivity index (χ1v) is 6.12. The number of nitrogens with zero attached hydrogens (tertiary/aromatic N) is 3. The lowest BCUT2D eigenvalue weighted by molar-refractivity contribution is 0.580. The van der Waals surface area contributed by atoms with Crippen molar-refractivity contribution in [2.24, 2.45) is 5.73 Å². The van der Waals surface area contributed by atoms with Gasteiger partial charge in [0, 0.05) is 11.8 Å². The molecule has 0 aromatic carbocycles. The molecular weight excluding hydrogens is 268 g/mol.